The Morgan fingerprint density at radius 1 is 1.30 bits per heavy atom. The van der Waals surface area contributed by atoms with Crippen molar-refractivity contribution in [2.24, 2.45) is 0 Å². The van der Waals surface area contributed by atoms with Crippen molar-refractivity contribution in [1.82, 2.24) is 5.32 Å². The maximum atomic E-state index is 10.8. The van der Waals surface area contributed by atoms with Crippen LogP contribution in [-0.4, -0.2) is 30.3 Å². The average molecular weight is 302 g/mol. The maximum absolute atomic E-state index is 10.8. The van der Waals surface area contributed by atoms with Crippen LogP contribution in [0.3, 0.4) is 0 Å². The number of rotatable bonds is 8. The van der Waals surface area contributed by atoms with Gasteiger partial charge in [0.2, 0.25) is 0 Å². The summed E-state index contributed by atoms with van der Waals surface area (Å²) in [5.41, 5.74) is 0.770. The highest BCUT2D eigenvalue weighted by atomic mass is 35.5. The second-order valence-electron chi connectivity index (χ2n) is 4.20. The Kier molecular flexibility index (Phi) is 6.61. The van der Waals surface area contributed by atoms with Crippen LogP contribution in [0.4, 0.5) is 0 Å². The van der Waals surface area contributed by atoms with Crippen molar-refractivity contribution < 1.29 is 19.4 Å². The fourth-order valence-corrected chi connectivity index (χ4v) is 1.82. The lowest BCUT2D eigenvalue weighted by molar-refractivity contribution is -0.139. The third-order valence-corrected chi connectivity index (χ3v) is 3.03. The highest BCUT2D eigenvalue weighted by molar-refractivity contribution is 6.31. The summed E-state index contributed by atoms with van der Waals surface area (Å²) in [6.07, 6.45) is 0. The van der Waals surface area contributed by atoms with E-state index in [9.17, 15) is 4.79 Å². The lowest BCUT2D eigenvalue weighted by Crippen LogP contribution is -2.33. The van der Waals surface area contributed by atoms with E-state index < -0.39 is 12.0 Å². The molecule has 5 nitrogen and oxygen atoms in total. The SMILES string of the molecule is CCOc1cc(Cl)c(CNC(C)C(=O)O)cc1OCC. The molecule has 0 amide bonds. The molecule has 0 aliphatic carbocycles. The van der Waals surface area contributed by atoms with Gasteiger partial charge in [-0.1, -0.05) is 11.6 Å². The molecule has 0 aliphatic rings. The second-order valence-corrected chi connectivity index (χ2v) is 4.60. The molecule has 0 heterocycles. The van der Waals surface area contributed by atoms with Crippen LogP contribution in [0.5, 0.6) is 11.5 Å². The van der Waals surface area contributed by atoms with Crippen molar-refractivity contribution in [2.75, 3.05) is 13.2 Å². The number of nitrogens with one attached hydrogen (secondary N) is 1. The van der Waals surface area contributed by atoms with Crippen LogP contribution in [0.25, 0.3) is 0 Å². The van der Waals surface area contributed by atoms with E-state index in [1.807, 2.05) is 13.8 Å². The summed E-state index contributed by atoms with van der Waals surface area (Å²) in [4.78, 5) is 10.8. The van der Waals surface area contributed by atoms with Crippen molar-refractivity contribution in [3.8, 4) is 11.5 Å². The second kappa shape index (κ2) is 7.97. The Morgan fingerprint density at radius 2 is 1.85 bits per heavy atom. The molecule has 0 spiro atoms. The number of carboxylic acid groups (broad SMARTS) is 1. The highest BCUT2D eigenvalue weighted by Crippen LogP contribution is 2.33. The molecule has 0 saturated heterocycles. The van der Waals surface area contributed by atoms with Gasteiger partial charge < -0.3 is 19.9 Å². The molecule has 0 aliphatic heterocycles. The van der Waals surface area contributed by atoms with Gasteiger partial charge >= 0.3 is 5.97 Å². The van der Waals surface area contributed by atoms with Gasteiger partial charge in [0, 0.05) is 17.6 Å². The molecule has 2 N–H and O–H groups in total. The van der Waals surface area contributed by atoms with Gasteiger partial charge in [-0.15, -0.1) is 0 Å². The minimum Gasteiger partial charge on any atom is -0.490 e. The van der Waals surface area contributed by atoms with Crippen molar-refractivity contribution in [3.05, 3.63) is 22.7 Å². The summed E-state index contributed by atoms with van der Waals surface area (Å²) in [6, 6.07) is 2.82. The van der Waals surface area contributed by atoms with Gasteiger partial charge in [-0.25, -0.2) is 0 Å². The van der Waals surface area contributed by atoms with E-state index in [4.69, 9.17) is 26.2 Å². The van der Waals surface area contributed by atoms with Crippen LogP contribution >= 0.6 is 11.6 Å². The molecule has 0 bridgehead atoms. The third kappa shape index (κ3) is 4.58. The minimum absolute atomic E-state index is 0.346. The molecule has 0 saturated carbocycles. The van der Waals surface area contributed by atoms with Crippen LogP contribution in [0.1, 0.15) is 26.3 Å². The molecule has 0 aromatic heterocycles. The fraction of sp³-hybridized carbons (Fsp3) is 0.500. The predicted molar refractivity (Wildman–Crippen MR) is 77.7 cm³/mol. The van der Waals surface area contributed by atoms with Gasteiger partial charge in [0.05, 0.1) is 13.2 Å². The van der Waals surface area contributed by atoms with E-state index in [-0.39, 0.29) is 0 Å². The summed E-state index contributed by atoms with van der Waals surface area (Å²) in [7, 11) is 0. The van der Waals surface area contributed by atoms with Gasteiger partial charge in [-0.3, -0.25) is 4.79 Å². The first kappa shape index (κ1) is 16.6. The normalized spacial score (nSPS) is 12.0. The molecular weight excluding hydrogens is 282 g/mol. The molecule has 0 radical (unpaired) electrons. The van der Waals surface area contributed by atoms with Crippen molar-refractivity contribution in [3.63, 3.8) is 0 Å². The van der Waals surface area contributed by atoms with Crippen LogP contribution in [0.15, 0.2) is 12.1 Å². The first-order chi connectivity index (χ1) is 9.49. The fourth-order valence-electron chi connectivity index (χ4n) is 1.60. The first-order valence-electron chi connectivity index (χ1n) is 6.53. The van der Waals surface area contributed by atoms with Crippen molar-refractivity contribution in [2.45, 2.75) is 33.4 Å². The lowest BCUT2D eigenvalue weighted by atomic mass is 10.2. The van der Waals surface area contributed by atoms with Crippen LogP contribution in [-0.2, 0) is 11.3 Å². The Labute approximate surface area is 123 Å². The van der Waals surface area contributed by atoms with Crippen molar-refractivity contribution in [1.29, 1.82) is 0 Å². The van der Waals surface area contributed by atoms with Gasteiger partial charge in [-0.05, 0) is 32.4 Å². The number of hydrogen-bond donors (Lipinski definition) is 2. The van der Waals surface area contributed by atoms with Crippen LogP contribution < -0.4 is 14.8 Å². The molecule has 112 valence electrons. The minimum atomic E-state index is -0.905. The van der Waals surface area contributed by atoms with Gasteiger partial charge in [0.25, 0.3) is 0 Å². The van der Waals surface area contributed by atoms with Crippen molar-refractivity contribution >= 4 is 17.6 Å². The molecule has 1 atom stereocenters. The zero-order valence-corrected chi connectivity index (χ0v) is 12.7. The zero-order valence-electron chi connectivity index (χ0n) is 11.9. The summed E-state index contributed by atoms with van der Waals surface area (Å²) < 4.78 is 11.0. The Morgan fingerprint density at radius 3 is 2.35 bits per heavy atom. The number of carboxylic acids is 1. The average Bonchev–Trinajstić information content (AvgIpc) is 2.40. The molecule has 1 aromatic rings. The van der Waals surface area contributed by atoms with Crippen LogP contribution in [0.2, 0.25) is 5.02 Å². The van der Waals surface area contributed by atoms with Gasteiger partial charge in [0.1, 0.15) is 6.04 Å². The lowest BCUT2D eigenvalue weighted by Gasteiger charge is -2.15. The van der Waals surface area contributed by atoms with Gasteiger partial charge in [0.15, 0.2) is 11.5 Å². The van der Waals surface area contributed by atoms with E-state index in [0.29, 0.717) is 36.3 Å². The highest BCUT2D eigenvalue weighted by Gasteiger charge is 2.14. The predicted octanol–water partition coefficient (Wildman–Crippen LogP) is 2.70. The third-order valence-electron chi connectivity index (χ3n) is 2.68. The molecule has 1 rings (SSSR count). The standard InChI is InChI=1S/C14H20ClNO4/c1-4-19-12-6-10(8-16-9(3)14(17)18)11(15)7-13(12)20-5-2/h6-7,9,16H,4-5,8H2,1-3H3,(H,17,18). The smallest absolute Gasteiger partial charge is 0.320 e. The number of aliphatic carboxylic acids is 1. The number of hydrogen-bond acceptors (Lipinski definition) is 4. The molecular formula is C14H20ClNO4. The molecule has 0 fully saturated rings. The maximum Gasteiger partial charge on any atom is 0.320 e. The summed E-state index contributed by atoms with van der Waals surface area (Å²) in [6.45, 7) is 6.72. The summed E-state index contributed by atoms with van der Waals surface area (Å²) in [5.74, 6) is 0.296. The largest absolute Gasteiger partial charge is 0.490 e. The Bertz CT molecular complexity index is 465. The Hall–Kier alpha value is -1.46. The van der Waals surface area contributed by atoms with Gasteiger partial charge in [-0.2, -0.15) is 0 Å². The number of carbonyl (C=O) groups is 1. The van der Waals surface area contributed by atoms with E-state index in [1.165, 1.54) is 0 Å². The summed E-state index contributed by atoms with van der Waals surface area (Å²) in [5, 5.41) is 12.2. The quantitative estimate of drug-likeness (QED) is 0.773. The summed E-state index contributed by atoms with van der Waals surface area (Å²) >= 11 is 6.18. The first-order valence-corrected chi connectivity index (χ1v) is 6.91. The van der Waals surface area contributed by atoms with E-state index in [0.717, 1.165) is 5.56 Å². The van der Waals surface area contributed by atoms with Crippen LogP contribution in [0, 0.1) is 0 Å². The topological polar surface area (TPSA) is 67.8 Å². The monoisotopic (exact) mass is 301 g/mol. The van der Waals surface area contributed by atoms with E-state index in [1.54, 1.807) is 19.1 Å². The zero-order chi connectivity index (χ0) is 15.1. The molecule has 1 unspecified atom stereocenters. The van der Waals surface area contributed by atoms with E-state index >= 15 is 0 Å². The molecule has 1 aromatic carbocycles. The number of halogens is 1. The molecule has 6 heteroatoms. The Balaban J connectivity index is 2.90. The number of ether oxygens (including phenoxy) is 2. The van der Waals surface area contributed by atoms with E-state index in [2.05, 4.69) is 5.32 Å². The molecule has 20 heavy (non-hydrogen) atoms. The number of benzene rings is 1.